The Morgan fingerprint density at radius 2 is 1.62 bits per heavy atom. The van der Waals surface area contributed by atoms with Crippen LogP contribution >= 0.6 is 11.3 Å². The number of aliphatic hydroxyl groups is 1. The van der Waals surface area contributed by atoms with Crippen LogP contribution in [0.2, 0.25) is 0 Å². The van der Waals surface area contributed by atoms with Crippen molar-refractivity contribution in [2.45, 2.75) is 13.8 Å². The summed E-state index contributed by atoms with van der Waals surface area (Å²) in [4.78, 5) is 27.8. The van der Waals surface area contributed by atoms with Crippen LogP contribution in [0.1, 0.15) is 21.7 Å². The number of carbonyl (C=O) groups is 2. The molecule has 1 saturated heterocycles. The normalized spacial score (nSPS) is 15.0. The summed E-state index contributed by atoms with van der Waals surface area (Å²) in [6.45, 7) is 5.49. The monoisotopic (exact) mass is 347 g/mol. The van der Waals surface area contributed by atoms with E-state index in [1.54, 1.807) is 21.1 Å². The van der Waals surface area contributed by atoms with Crippen molar-refractivity contribution in [3.63, 3.8) is 0 Å². The van der Waals surface area contributed by atoms with Crippen LogP contribution in [0.5, 0.6) is 0 Å². The lowest BCUT2D eigenvalue weighted by Crippen LogP contribution is -2.51. The Balaban J connectivity index is 1.78. The first kappa shape index (κ1) is 16.7. The molecule has 6 nitrogen and oxygen atoms in total. The molecular formula is C17H21N3O3S. The highest BCUT2D eigenvalue weighted by Crippen LogP contribution is 2.27. The van der Waals surface area contributed by atoms with Crippen molar-refractivity contribution < 1.29 is 14.7 Å². The van der Waals surface area contributed by atoms with Gasteiger partial charge in [-0.1, -0.05) is 0 Å². The summed E-state index contributed by atoms with van der Waals surface area (Å²) in [7, 11) is 0. The van der Waals surface area contributed by atoms with Crippen molar-refractivity contribution in [3.05, 3.63) is 40.5 Å². The standard InChI is InChI=1S/C17H21N3O3S/c1-12-3-4-13(2)20(12)17-14(5-10-24-17)16(23)19-8-6-18(7-9-19)15(22)11-21/h3-5,10,21H,6-9,11H2,1-2H3. The number of hydrogen-bond acceptors (Lipinski definition) is 4. The van der Waals surface area contributed by atoms with Gasteiger partial charge in [-0.3, -0.25) is 9.59 Å². The van der Waals surface area contributed by atoms with Gasteiger partial charge in [-0.2, -0.15) is 0 Å². The number of nitrogens with zero attached hydrogens (tertiary/aromatic N) is 3. The van der Waals surface area contributed by atoms with E-state index in [2.05, 4.69) is 4.57 Å². The first-order valence-corrected chi connectivity index (χ1v) is 8.81. The number of carbonyl (C=O) groups excluding carboxylic acids is 2. The maximum absolute atomic E-state index is 12.9. The third kappa shape index (κ3) is 2.97. The lowest BCUT2D eigenvalue weighted by molar-refractivity contribution is -0.135. The average molecular weight is 347 g/mol. The summed E-state index contributed by atoms with van der Waals surface area (Å²) in [5, 5.41) is 11.8. The van der Waals surface area contributed by atoms with E-state index in [0.717, 1.165) is 16.4 Å². The van der Waals surface area contributed by atoms with E-state index in [9.17, 15) is 9.59 Å². The van der Waals surface area contributed by atoms with Crippen molar-refractivity contribution in [3.8, 4) is 5.00 Å². The average Bonchev–Trinajstić information content (AvgIpc) is 3.20. The highest BCUT2D eigenvalue weighted by molar-refractivity contribution is 7.13. The van der Waals surface area contributed by atoms with E-state index >= 15 is 0 Å². The van der Waals surface area contributed by atoms with Crippen molar-refractivity contribution in [2.24, 2.45) is 0 Å². The molecular weight excluding hydrogens is 326 g/mol. The Hall–Kier alpha value is -2.12. The Morgan fingerprint density at radius 1 is 1.04 bits per heavy atom. The van der Waals surface area contributed by atoms with Gasteiger partial charge in [0, 0.05) is 37.6 Å². The van der Waals surface area contributed by atoms with Crippen LogP contribution in [0.15, 0.2) is 23.6 Å². The molecule has 1 aliphatic heterocycles. The summed E-state index contributed by atoms with van der Waals surface area (Å²) < 4.78 is 2.10. The molecule has 3 heterocycles. The summed E-state index contributed by atoms with van der Waals surface area (Å²) in [5.74, 6) is -0.285. The number of piperazine rings is 1. The minimum absolute atomic E-state index is 0.00477. The fourth-order valence-electron chi connectivity index (χ4n) is 3.06. The third-order valence-corrected chi connectivity index (χ3v) is 5.30. The molecule has 1 aliphatic rings. The lowest BCUT2D eigenvalue weighted by Gasteiger charge is -2.34. The van der Waals surface area contributed by atoms with Gasteiger partial charge in [0.1, 0.15) is 11.6 Å². The van der Waals surface area contributed by atoms with Crippen LogP contribution in [0.4, 0.5) is 0 Å². The van der Waals surface area contributed by atoms with Crippen molar-refractivity contribution in [2.75, 3.05) is 32.8 Å². The molecule has 0 radical (unpaired) electrons. The maximum atomic E-state index is 12.9. The second-order valence-electron chi connectivity index (χ2n) is 5.92. The van der Waals surface area contributed by atoms with Crippen LogP contribution < -0.4 is 0 Å². The molecule has 0 atom stereocenters. The predicted octanol–water partition coefficient (Wildman–Crippen LogP) is 1.43. The van der Waals surface area contributed by atoms with E-state index < -0.39 is 6.61 Å². The highest BCUT2D eigenvalue weighted by atomic mass is 32.1. The number of rotatable bonds is 3. The van der Waals surface area contributed by atoms with Gasteiger partial charge in [-0.15, -0.1) is 11.3 Å². The summed E-state index contributed by atoms with van der Waals surface area (Å²) >= 11 is 1.55. The first-order valence-electron chi connectivity index (χ1n) is 7.93. The molecule has 0 aromatic carbocycles. The summed E-state index contributed by atoms with van der Waals surface area (Å²) in [6.07, 6.45) is 0. The molecule has 2 amide bonds. The Kier molecular flexibility index (Phi) is 4.73. The van der Waals surface area contributed by atoms with Gasteiger partial charge in [0.15, 0.2) is 0 Å². The lowest BCUT2D eigenvalue weighted by atomic mass is 10.2. The zero-order valence-electron chi connectivity index (χ0n) is 13.9. The molecule has 0 unspecified atom stereocenters. The van der Waals surface area contributed by atoms with E-state index in [1.165, 1.54) is 0 Å². The van der Waals surface area contributed by atoms with Gasteiger partial charge in [0.25, 0.3) is 5.91 Å². The molecule has 3 rings (SSSR count). The smallest absolute Gasteiger partial charge is 0.256 e. The topological polar surface area (TPSA) is 65.8 Å². The Bertz CT molecular complexity index is 737. The second-order valence-corrected chi connectivity index (χ2v) is 6.82. The SMILES string of the molecule is Cc1ccc(C)n1-c1sccc1C(=O)N1CCN(C(=O)CO)CC1. The van der Waals surface area contributed by atoms with Gasteiger partial charge in [-0.05, 0) is 37.4 Å². The van der Waals surface area contributed by atoms with Gasteiger partial charge in [0.2, 0.25) is 5.91 Å². The summed E-state index contributed by atoms with van der Waals surface area (Å²) in [5.41, 5.74) is 2.90. The van der Waals surface area contributed by atoms with Crippen LogP contribution in [-0.4, -0.2) is 64.1 Å². The minimum atomic E-state index is -0.477. The number of hydrogen-bond donors (Lipinski definition) is 1. The van der Waals surface area contributed by atoms with Crippen LogP contribution in [-0.2, 0) is 4.79 Å². The number of aromatic nitrogens is 1. The number of aliphatic hydroxyl groups excluding tert-OH is 1. The van der Waals surface area contributed by atoms with E-state index in [1.807, 2.05) is 37.4 Å². The molecule has 0 spiro atoms. The van der Waals surface area contributed by atoms with E-state index in [-0.39, 0.29) is 11.8 Å². The van der Waals surface area contributed by atoms with E-state index in [4.69, 9.17) is 5.11 Å². The molecule has 2 aromatic heterocycles. The molecule has 24 heavy (non-hydrogen) atoms. The fourth-order valence-corrected chi connectivity index (χ4v) is 4.06. The zero-order valence-corrected chi connectivity index (χ0v) is 14.7. The van der Waals surface area contributed by atoms with Crippen molar-refractivity contribution in [1.29, 1.82) is 0 Å². The van der Waals surface area contributed by atoms with Crippen LogP contribution in [0.3, 0.4) is 0 Å². The van der Waals surface area contributed by atoms with E-state index in [0.29, 0.717) is 31.7 Å². The van der Waals surface area contributed by atoms with Crippen LogP contribution in [0.25, 0.3) is 5.00 Å². The van der Waals surface area contributed by atoms with Gasteiger partial charge in [0.05, 0.1) is 5.56 Å². The fraction of sp³-hybridized carbons (Fsp3) is 0.412. The van der Waals surface area contributed by atoms with Gasteiger partial charge < -0.3 is 19.5 Å². The summed E-state index contributed by atoms with van der Waals surface area (Å²) in [6, 6.07) is 5.96. The zero-order chi connectivity index (χ0) is 17.3. The van der Waals surface area contributed by atoms with Gasteiger partial charge >= 0.3 is 0 Å². The molecule has 1 N–H and O–H groups in total. The maximum Gasteiger partial charge on any atom is 0.256 e. The molecule has 2 aromatic rings. The number of amides is 2. The highest BCUT2D eigenvalue weighted by Gasteiger charge is 2.27. The number of aryl methyl sites for hydroxylation is 2. The molecule has 0 bridgehead atoms. The van der Waals surface area contributed by atoms with Crippen molar-refractivity contribution in [1.82, 2.24) is 14.4 Å². The van der Waals surface area contributed by atoms with Crippen LogP contribution in [0, 0.1) is 13.8 Å². The predicted molar refractivity (Wildman–Crippen MR) is 92.7 cm³/mol. The largest absolute Gasteiger partial charge is 0.387 e. The molecule has 1 fully saturated rings. The second kappa shape index (κ2) is 6.78. The Labute approximate surface area is 144 Å². The molecule has 0 aliphatic carbocycles. The van der Waals surface area contributed by atoms with Crippen molar-refractivity contribution >= 4 is 23.2 Å². The van der Waals surface area contributed by atoms with Gasteiger partial charge in [-0.25, -0.2) is 0 Å². The number of thiophene rings is 1. The Morgan fingerprint density at radius 3 is 2.21 bits per heavy atom. The first-order chi connectivity index (χ1) is 11.5. The molecule has 128 valence electrons. The third-order valence-electron chi connectivity index (χ3n) is 4.40. The molecule has 0 saturated carbocycles. The quantitative estimate of drug-likeness (QED) is 0.913. The minimum Gasteiger partial charge on any atom is -0.387 e. The molecule has 7 heteroatoms.